The normalized spacial score (nSPS) is 10.8. The van der Waals surface area contributed by atoms with E-state index >= 15 is 0 Å². The molecule has 0 aliphatic rings. The highest BCUT2D eigenvalue weighted by molar-refractivity contribution is 6.04. The number of carbonyl (C=O) groups excluding carboxylic acids is 1. The lowest BCUT2D eigenvalue weighted by molar-refractivity contribution is 0.101. The molecule has 0 fully saturated rings. The van der Waals surface area contributed by atoms with Crippen LogP contribution in [-0.2, 0) is 6.42 Å². The Bertz CT molecular complexity index is 995. The summed E-state index contributed by atoms with van der Waals surface area (Å²) >= 11 is 0. The molecule has 0 spiro atoms. The highest BCUT2D eigenvalue weighted by atomic mass is 16.2. The molecule has 2 aromatic carbocycles. The van der Waals surface area contributed by atoms with Crippen molar-refractivity contribution in [2.24, 2.45) is 0 Å². The van der Waals surface area contributed by atoms with Gasteiger partial charge < -0.3 is 5.73 Å². The third-order valence-corrected chi connectivity index (χ3v) is 4.27. The summed E-state index contributed by atoms with van der Waals surface area (Å²) in [5.74, 6) is 0.115. The van der Waals surface area contributed by atoms with Gasteiger partial charge in [-0.05, 0) is 30.7 Å². The Hall–Kier alpha value is -3.15. The van der Waals surface area contributed by atoms with E-state index in [-0.39, 0.29) is 5.56 Å². The van der Waals surface area contributed by atoms with Gasteiger partial charge in [0.2, 0.25) is 0 Å². The highest BCUT2D eigenvalue weighted by Crippen LogP contribution is 2.13. The molecule has 0 bridgehead atoms. The minimum atomic E-state index is -0.431. The van der Waals surface area contributed by atoms with Gasteiger partial charge in [0.25, 0.3) is 11.5 Å². The standard InChI is InChI=1S/C20H22N4O2/c1-2-3-4-13-18-22-17-12-8-6-10-15(17)20(26)24(18)23-19(25)14-9-5-7-11-16(14)21/h5-12H,2-4,13,21H2,1H3,(H,23,25). The molecule has 3 N–H and O–H groups in total. The smallest absolute Gasteiger partial charge is 0.280 e. The van der Waals surface area contributed by atoms with Crippen LogP contribution in [0.4, 0.5) is 5.69 Å². The van der Waals surface area contributed by atoms with E-state index in [1.807, 2.05) is 6.07 Å². The summed E-state index contributed by atoms with van der Waals surface area (Å²) in [6.07, 6.45) is 3.59. The van der Waals surface area contributed by atoms with Crippen molar-refractivity contribution >= 4 is 22.5 Å². The van der Waals surface area contributed by atoms with Crippen LogP contribution in [0.3, 0.4) is 0 Å². The Morgan fingerprint density at radius 1 is 1.12 bits per heavy atom. The van der Waals surface area contributed by atoms with Crippen LogP contribution in [0, 0.1) is 0 Å². The van der Waals surface area contributed by atoms with E-state index in [0.29, 0.717) is 34.4 Å². The number of nitrogen functional groups attached to an aromatic ring is 1. The number of aryl methyl sites for hydroxylation is 1. The maximum absolute atomic E-state index is 12.9. The van der Waals surface area contributed by atoms with Gasteiger partial charge in [0.1, 0.15) is 5.82 Å². The topological polar surface area (TPSA) is 90.0 Å². The number of rotatable bonds is 6. The number of para-hydroxylation sites is 2. The van der Waals surface area contributed by atoms with E-state index in [1.165, 1.54) is 4.68 Å². The number of aromatic nitrogens is 2. The zero-order valence-corrected chi connectivity index (χ0v) is 14.7. The molecule has 1 heterocycles. The summed E-state index contributed by atoms with van der Waals surface area (Å²) in [4.78, 5) is 30.1. The first-order valence-electron chi connectivity index (χ1n) is 8.78. The molecule has 3 aromatic rings. The Kier molecular flexibility index (Phi) is 5.31. The van der Waals surface area contributed by atoms with E-state index in [1.54, 1.807) is 42.5 Å². The second kappa shape index (κ2) is 7.82. The molecule has 6 nitrogen and oxygen atoms in total. The second-order valence-electron chi connectivity index (χ2n) is 6.17. The Labute approximate surface area is 151 Å². The van der Waals surface area contributed by atoms with Crippen molar-refractivity contribution in [1.29, 1.82) is 0 Å². The number of anilines is 1. The molecule has 1 amide bonds. The van der Waals surface area contributed by atoms with Gasteiger partial charge in [0, 0.05) is 12.1 Å². The fourth-order valence-electron chi connectivity index (χ4n) is 2.86. The molecule has 0 radical (unpaired) electrons. The van der Waals surface area contributed by atoms with Crippen LogP contribution < -0.4 is 16.7 Å². The van der Waals surface area contributed by atoms with Crippen molar-refractivity contribution in [2.45, 2.75) is 32.6 Å². The van der Waals surface area contributed by atoms with Crippen molar-refractivity contribution in [2.75, 3.05) is 11.2 Å². The van der Waals surface area contributed by atoms with Crippen molar-refractivity contribution in [1.82, 2.24) is 9.66 Å². The number of nitrogens with two attached hydrogens (primary N) is 1. The quantitative estimate of drug-likeness (QED) is 0.528. The van der Waals surface area contributed by atoms with Crippen LogP contribution >= 0.6 is 0 Å². The first-order valence-corrected chi connectivity index (χ1v) is 8.78. The minimum absolute atomic E-state index is 0.287. The summed E-state index contributed by atoms with van der Waals surface area (Å²) in [5.41, 5.74) is 9.59. The highest BCUT2D eigenvalue weighted by Gasteiger charge is 2.15. The molecule has 0 atom stereocenters. The summed E-state index contributed by atoms with van der Waals surface area (Å²) in [5, 5.41) is 0.466. The molecular weight excluding hydrogens is 328 g/mol. The van der Waals surface area contributed by atoms with E-state index in [9.17, 15) is 9.59 Å². The Morgan fingerprint density at radius 3 is 2.62 bits per heavy atom. The average Bonchev–Trinajstić information content (AvgIpc) is 2.65. The molecule has 6 heteroatoms. The van der Waals surface area contributed by atoms with Gasteiger partial charge in [-0.1, -0.05) is 44.0 Å². The first-order chi connectivity index (χ1) is 12.6. The van der Waals surface area contributed by atoms with Crippen LogP contribution in [-0.4, -0.2) is 15.6 Å². The largest absolute Gasteiger partial charge is 0.398 e. The van der Waals surface area contributed by atoms with Gasteiger partial charge in [-0.2, -0.15) is 0 Å². The monoisotopic (exact) mass is 350 g/mol. The minimum Gasteiger partial charge on any atom is -0.398 e. The number of hydrogen-bond donors (Lipinski definition) is 2. The van der Waals surface area contributed by atoms with Gasteiger partial charge in [0.05, 0.1) is 16.5 Å². The number of benzene rings is 2. The molecule has 134 valence electrons. The molecule has 3 rings (SSSR count). The van der Waals surface area contributed by atoms with Crippen LogP contribution in [0.25, 0.3) is 10.9 Å². The van der Waals surface area contributed by atoms with Crippen LogP contribution in [0.1, 0.15) is 42.4 Å². The predicted octanol–water partition coefficient (Wildman–Crippen LogP) is 3.10. The zero-order chi connectivity index (χ0) is 18.5. The molecule has 0 saturated heterocycles. The number of fused-ring (bicyclic) bond motifs is 1. The molecule has 0 saturated carbocycles. The first kappa shape index (κ1) is 17.7. The summed E-state index contributed by atoms with van der Waals surface area (Å²) in [6, 6.07) is 13.9. The van der Waals surface area contributed by atoms with Crippen LogP contribution in [0.15, 0.2) is 53.3 Å². The summed E-state index contributed by atoms with van der Waals surface area (Å²) in [6.45, 7) is 2.11. The summed E-state index contributed by atoms with van der Waals surface area (Å²) < 4.78 is 1.26. The number of nitrogens with one attached hydrogen (secondary N) is 1. The van der Waals surface area contributed by atoms with E-state index < -0.39 is 5.91 Å². The molecule has 0 unspecified atom stereocenters. The van der Waals surface area contributed by atoms with E-state index in [2.05, 4.69) is 17.3 Å². The van der Waals surface area contributed by atoms with Gasteiger partial charge in [-0.3, -0.25) is 15.0 Å². The molecule has 26 heavy (non-hydrogen) atoms. The third kappa shape index (κ3) is 3.59. The lowest BCUT2D eigenvalue weighted by atomic mass is 10.1. The van der Waals surface area contributed by atoms with Gasteiger partial charge in [-0.25, -0.2) is 9.66 Å². The number of hydrogen-bond acceptors (Lipinski definition) is 4. The number of unbranched alkanes of at least 4 members (excludes halogenated alkanes) is 2. The van der Waals surface area contributed by atoms with E-state index in [4.69, 9.17) is 5.73 Å². The van der Waals surface area contributed by atoms with E-state index in [0.717, 1.165) is 19.3 Å². The molecule has 1 aromatic heterocycles. The molecule has 0 aliphatic heterocycles. The summed E-state index contributed by atoms with van der Waals surface area (Å²) in [7, 11) is 0. The van der Waals surface area contributed by atoms with Gasteiger partial charge in [0.15, 0.2) is 0 Å². The lowest BCUT2D eigenvalue weighted by Crippen LogP contribution is -2.36. The maximum atomic E-state index is 12.9. The van der Waals surface area contributed by atoms with Gasteiger partial charge in [-0.15, -0.1) is 0 Å². The number of nitrogens with zero attached hydrogens (tertiary/aromatic N) is 2. The number of carbonyl (C=O) groups is 1. The second-order valence-corrected chi connectivity index (χ2v) is 6.17. The van der Waals surface area contributed by atoms with Crippen molar-refractivity contribution < 1.29 is 4.79 Å². The average molecular weight is 350 g/mol. The Balaban J connectivity index is 2.03. The fourth-order valence-corrected chi connectivity index (χ4v) is 2.86. The maximum Gasteiger partial charge on any atom is 0.280 e. The fraction of sp³-hybridized carbons (Fsp3) is 0.250. The van der Waals surface area contributed by atoms with Gasteiger partial charge >= 0.3 is 0 Å². The predicted molar refractivity (Wildman–Crippen MR) is 104 cm³/mol. The number of amides is 1. The van der Waals surface area contributed by atoms with Crippen molar-refractivity contribution in [3.05, 3.63) is 70.3 Å². The molecule has 0 aliphatic carbocycles. The van der Waals surface area contributed by atoms with Crippen LogP contribution in [0.5, 0.6) is 0 Å². The molecular formula is C20H22N4O2. The lowest BCUT2D eigenvalue weighted by Gasteiger charge is -2.15. The Morgan fingerprint density at radius 2 is 1.85 bits per heavy atom. The van der Waals surface area contributed by atoms with Crippen molar-refractivity contribution in [3.8, 4) is 0 Å². The van der Waals surface area contributed by atoms with Crippen LogP contribution in [0.2, 0.25) is 0 Å². The van der Waals surface area contributed by atoms with Crippen molar-refractivity contribution in [3.63, 3.8) is 0 Å². The zero-order valence-electron chi connectivity index (χ0n) is 14.7. The SMILES string of the molecule is CCCCCc1nc2ccccc2c(=O)n1NC(=O)c1ccccc1N. The third-order valence-electron chi connectivity index (χ3n) is 4.27.